The third-order valence-corrected chi connectivity index (χ3v) is 1.92. The van der Waals surface area contributed by atoms with Crippen LogP contribution in [0.4, 0.5) is 0 Å². The van der Waals surface area contributed by atoms with Crippen LogP contribution in [-0.4, -0.2) is 23.3 Å². The van der Waals surface area contributed by atoms with Gasteiger partial charge in [0.05, 0.1) is 6.10 Å². The minimum absolute atomic E-state index is 0.0130. The third kappa shape index (κ3) is 2.50. The SMILES string of the molecule is CCCCC[C@H]1O[C@@H]1C(=O)O. The van der Waals surface area contributed by atoms with Gasteiger partial charge < -0.3 is 9.84 Å². The van der Waals surface area contributed by atoms with Crippen molar-refractivity contribution in [2.45, 2.75) is 44.8 Å². The van der Waals surface area contributed by atoms with Gasteiger partial charge in [0.1, 0.15) is 0 Å². The summed E-state index contributed by atoms with van der Waals surface area (Å²) in [5, 5.41) is 8.46. The molecule has 1 heterocycles. The van der Waals surface area contributed by atoms with Crippen LogP contribution >= 0.6 is 0 Å². The van der Waals surface area contributed by atoms with Gasteiger partial charge in [-0.1, -0.05) is 26.2 Å². The zero-order chi connectivity index (χ0) is 8.27. The Morgan fingerprint density at radius 3 is 2.73 bits per heavy atom. The molecule has 0 aromatic rings. The zero-order valence-electron chi connectivity index (χ0n) is 6.75. The largest absolute Gasteiger partial charge is 0.479 e. The molecule has 1 saturated heterocycles. The van der Waals surface area contributed by atoms with Gasteiger partial charge in [0.25, 0.3) is 0 Å². The van der Waals surface area contributed by atoms with E-state index in [1.807, 2.05) is 0 Å². The van der Waals surface area contributed by atoms with Gasteiger partial charge in [-0.15, -0.1) is 0 Å². The molecule has 11 heavy (non-hydrogen) atoms. The van der Waals surface area contributed by atoms with Crippen molar-refractivity contribution < 1.29 is 14.6 Å². The average Bonchev–Trinajstić information content (AvgIpc) is 2.68. The summed E-state index contributed by atoms with van der Waals surface area (Å²) in [6.45, 7) is 2.13. The molecule has 1 fully saturated rings. The van der Waals surface area contributed by atoms with Crippen LogP contribution in [0.5, 0.6) is 0 Å². The van der Waals surface area contributed by atoms with Crippen molar-refractivity contribution in [3.05, 3.63) is 0 Å². The minimum atomic E-state index is -0.813. The van der Waals surface area contributed by atoms with Gasteiger partial charge in [0.2, 0.25) is 0 Å². The third-order valence-electron chi connectivity index (χ3n) is 1.92. The monoisotopic (exact) mass is 158 g/mol. The molecular formula is C8H14O3. The summed E-state index contributed by atoms with van der Waals surface area (Å²) in [7, 11) is 0. The molecule has 0 amide bonds. The Bertz CT molecular complexity index is 144. The Morgan fingerprint density at radius 1 is 1.55 bits per heavy atom. The molecule has 1 aliphatic rings. The first-order valence-corrected chi connectivity index (χ1v) is 4.14. The normalized spacial score (nSPS) is 28.5. The predicted molar refractivity (Wildman–Crippen MR) is 40.4 cm³/mol. The molecule has 1 rings (SSSR count). The highest BCUT2D eigenvalue weighted by Crippen LogP contribution is 2.27. The molecule has 2 atom stereocenters. The van der Waals surface area contributed by atoms with E-state index in [1.165, 1.54) is 12.8 Å². The molecule has 0 radical (unpaired) electrons. The second-order valence-corrected chi connectivity index (χ2v) is 2.93. The van der Waals surface area contributed by atoms with Gasteiger partial charge in [-0.25, -0.2) is 4.79 Å². The van der Waals surface area contributed by atoms with Crippen LogP contribution in [0.1, 0.15) is 32.6 Å². The molecule has 3 nitrogen and oxygen atoms in total. The summed E-state index contributed by atoms with van der Waals surface area (Å²) in [4.78, 5) is 10.3. The summed E-state index contributed by atoms with van der Waals surface area (Å²) in [6, 6.07) is 0. The number of aliphatic carboxylic acids is 1. The smallest absolute Gasteiger partial charge is 0.335 e. The second-order valence-electron chi connectivity index (χ2n) is 2.93. The van der Waals surface area contributed by atoms with Crippen molar-refractivity contribution in [3.63, 3.8) is 0 Å². The molecule has 0 aliphatic carbocycles. The minimum Gasteiger partial charge on any atom is -0.479 e. The fourth-order valence-corrected chi connectivity index (χ4v) is 1.18. The molecule has 0 aromatic heterocycles. The Kier molecular flexibility index (Phi) is 2.88. The summed E-state index contributed by atoms with van der Waals surface area (Å²) in [6.07, 6.45) is 3.86. The highest BCUT2D eigenvalue weighted by molar-refractivity contribution is 5.75. The van der Waals surface area contributed by atoms with Crippen LogP contribution in [-0.2, 0) is 9.53 Å². The fourth-order valence-electron chi connectivity index (χ4n) is 1.18. The number of hydrogen-bond donors (Lipinski definition) is 1. The maximum Gasteiger partial charge on any atom is 0.335 e. The maximum absolute atomic E-state index is 10.3. The van der Waals surface area contributed by atoms with E-state index >= 15 is 0 Å². The Balaban J connectivity index is 2.00. The highest BCUT2D eigenvalue weighted by atomic mass is 16.6. The van der Waals surface area contributed by atoms with E-state index in [0.717, 1.165) is 12.8 Å². The first-order chi connectivity index (χ1) is 5.25. The highest BCUT2D eigenvalue weighted by Gasteiger charge is 2.44. The molecule has 0 aromatic carbocycles. The molecule has 1 aliphatic heterocycles. The number of epoxide rings is 1. The first kappa shape index (κ1) is 8.53. The molecule has 0 bridgehead atoms. The fraction of sp³-hybridized carbons (Fsp3) is 0.875. The lowest BCUT2D eigenvalue weighted by atomic mass is 10.1. The van der Waals surface area contributed by atoms with E-state index in [4.69, 9.17) is 9.84 Å². The van der Waals surface area contributed by atoms with E-state index in [-0.39, 0.29) is 6.10 Å². The van der Waals surface area contributed by atoms with Crippen molar-refractivity contribution in [2.24, 2.45) is 0 Å². The van der Waals surface area contributed by atoms with Crippen LogP contribution in [0, 0.1) is 0 Å². The van der Waals surface area contributed by atoms with Gasteiger partial charge in [-0.3, -0.25) is 0 Å². The number of ether oxygens (including phenoxy) is 1. The molecule has 0 spiro atoms. The number of carboxylic acid groups (broad SMARTS) is 1. The zero-order valence-corrected chi connectivity index (χ0v) is 6.75. The lowest BCUT2D eigenvalue weighted by Crippen LogP contribution is -2.07. The lowest BCUT2D eigenvalue weighted by molar-refractivity contribution is -0.138. The second kappa shape index (κ2) is 3.72. The van der Waals surface area contributed by atoms with E-state index in [9.17, 15) is 4.79 Å². The number of hydrogen-bond acceptors (Lipinski definition) is 2. The van der Waals surface area contributed by atoms with Gasteiger partial charge in [-0.2, -0.15) is 0 Å². The van der Waals surface area contributed by atoms with Gasteiger partial charge in [-0.05, 0) is 6.42 Å². The number of carboxylic acids is 1. The average molecular weight is 158 g/mol. The van der Waals surface area contributed by atoms with Crippen molar-refractivity contribution in [2.75, 3.05) is 0 Å². The van der Waals surface area contributed by atoms with Crippen molar-refractivity contribution in [1.29, 1.82) is 0 Å². The lowest BCUT2D eigenvalue weighted by Gasteiger charge is -1.92. The molecule has 64 valence electrons. The van der Waals surface area contributed by atoms with E-state index in [2.05, 4.69) is 6.92 Å². The van der Waals surface area contributed by atoms with Crippen LogP contribution in [0.2, 0.25) is 0 Å². The van der Waals surface area contributed by atoms with E-state index < -0.39 is 12.1 Å². The van der Waals surface area contributed by atoms with E-state index in [0.29, 0.717) is 0 Å². The van der Waals surface area contributed by atoms with E-state index in [1.54, 1.807) is 0 Å². The summed E-state index contributed by atoms with van der Waals surface area (Å²) in [5.41, 5.74) is 0. The van der Waals surface area contributed by atoms with Crippen LogP contribution in [0.25, 0.3) is 0 Å². The van der Waals surface area contributed by atoms with Crippen LogP contribution in [0.15, 0.2) is 0 Å². The topological polar surface area (TPSA) is 49.8 Å². The Morgan fingerprint density at radius 2 is 2.27 bits per heavy atom. The van der Waals surface area contributed by atoms with Crippen LogP contribution in [0.3, 0.4) is 0 Å². The van der Waals surface area contributed by atoms with Gasteiger partial charge >= 0.3 is 5.97 Å². The maximum atomic E-state index is 10.3. The molecule has 0 unspecified atom stereocenters. The van der Waals surface area contributed by atoms with Crippen molar-refractivity contribution >= 4 is 5.97 Å². The molecule has 1 N–H and O–H groups in total. The molecule has 3 heteroatoms. The molecular weight excluding hydrogens is 144 g/mol. The van der Waals surface area contributed by atoms with Crippen LogP contribution < -0.4 is 0 Å². The first-order valence-electron chi connectivity index (χ1n) is 4.14. The molecule has 0 saturated carbocycles. The Hall–Kier alpha value is -0.570. The summed E-state index contributed by atoms with van der Waals surface area (Å²) >= 11 is 0. The number of rotatable bonds is 5. The summed E-state index contributed by atoms with van der Waals surface area (Å²) in [5.74, 6) is -0.813. The Labute approximate surface area is 66.4 Å². The quantitative estimate of drug-likeness (QED) is 0.486. The number of unbranched alkanes of at least 4 members (excludes halogenated alkanes) is 2. The summed E-state index contributed by atoms with van der Waals surface area (Å²) < 4.78 is 4.93. The van der Waals surface area contributed by atoms with Gasteiger partial charge in [0, 0.05) is 0 Å². The standard InChI is InChI=1S/C8H14O3/c1-2-3-4-5-6-7(11-6)8(9)10/h6-7H,2-5H2,1H3,(H,9,10)/t6-,7+/m1/s1. The van der Waals surface area contributed by atoms with Gasteiger partial charge in [0.15, 0.2) is 6.10 Å². The van der Waals surface area contributed by atoms with Crippen molar-refractivity contribution in [3.8, 4) is 0 Å². The van der Waals surface area contributed by atoms with Crippen molar-refractivity contribution in [1.82, 2.24) is 0 Å². The predicted octanol–water partition coefficient (Wildman–Crippen LogP) is 1.42. The number of carbonyl (C=O) groups is 1.